The number of rotatable bonds is 1. The van der Waals surface area contributed by atoms with E-state index in [1.165, 1.54) is 12.8 Å². The van der Waals surface area contributed by atoms with Gasteiger partial charge in [-0.05, 0) is 37.0 Å². The highest BCUT2D eigenvalue weighted by molar-refractivity contribution is 5.28. The quantitative estimate of drug-likeness (QED) is 0.486. The van der Waals surface area contributed by atoms with Gasteiger partial charge in [0.05, 0.1) is 0 Å². The minimum atomic E-state index is 0.740. The Hall–Kier alpha value is -0.260. The first-order chi connectivity index (χ1) is 4.67. The highest BCUT2D eigenvalue weighted by Crippen LogP contribution is 2.67. The number of allylic oxidation sites excluding steroid dienone is 2. The van der Waals surface area contributed by atoms with Gasteiger partial charge in [0.2, 0.25) is 0 Å². The van der Waals surface area contributed by atoms with Crippen molar-refractivity contribution in [3.63, 3.8) is 0 Å². The van der Waals surface area contributed by atoms with Crippen LogP contribution in [-0.2, 0) is 0 Å². The van der Waals surface area contributed by atoms with Gasteiger partial charge in [0.1, 0.15) is 0 Å². The van der Waals surface area contributed by atoms with Crippen LogP contribution in [-0.4, -0.2) is 0 Å². The van der Waals surface area contributed by atoms with Crippen LogP contribution in [0, 0.1) is 17.3 Å². The summed E-state index contributed by atoms with van der Waals surface area (Å²) in [6, 6.07) is 0. The van der Waals surface area contributed by atoms with Crippen molar-refractivity contribution in [1.82, 2.24) is 0 Å². The lowest BCUT2D eigenvalue weighted by molar-refractivity contribution is 0.354. The van der Waals surface area contributed by atoms with Crippen molar-refractivity contribution in [2.45, 2.75) is 33.6 Å². The Morgan fingerprint density at radius 2 is 2.30 bits per heavy atom. The van der Waals surface area contributed by atoms with Crippen LogP contribution in [0.5, 0.6) is 0 Å². The van der Waals surface area contributed by atoms with Crippen LogP contribution in [0.25, 0.3) is 0 Å². The number of hydrogen-bond acceptors (Lipinski definition) is 0. The van der Waals surface area contributed by atoms with Gasteiger partial charge in [0, 0.05) is 0 Å². The van der Waals surface area contributed by atoms with Crippen molar-refractivity contribution in [2.75, 3.05) is 0 Å². The molecular weight excluding hydrogens is 120 g/mol. The van der Waals surface area contributed by atoms with Gasteiger partial charge < -0.3 is 0 Å². The third kappa shape index (κ3) is 0.574. The van der Waals surface area contributed by atoms with Crippen molar-refractivity contribution in [2.24, 2.45) is 17.3 Å². The first kappa shape index (κ1) is 6.45. The predicted octanol–water partition coefficient (Wildman–Crippen LogP) is 3.00. The van der Waals surface area contributed by atoms with Crippen molar-refractivity contribution >= 4 is 0 Å². The molecule has 0 N–H and O–H groups in total. The Balaban J connectivity index is 2.17. The first-order valence-electron chi connectivity index (χ1n) is 4.33. The lowest BCUT2D eigenvalue weighted by atomic mass is 9.89. The van der Waals surface area contributed by atoms with E-state index in [9.17, 15) is 0 Å². The fourth-order valence-electron chi connectivity index (χ4n) is 2.53. The van der Waals surface area contributed by atoms with Crippen molar-refractivity contribution in [1.29, 1.82) is 0 Å². The van der Waals surface area contributed by atoms with Gasteiger partial charge in [0.15, 0.2) is 0 Å². The molecule has 0 nitrogen and oxygen atoms in total. The monoisotopic (exact) mass is 136 g/mol. The summed E-state index contributed by atoms with van der Waals surface area (Å²) >= 11 is 0. The molecule has 0 aromatic rings. The minimum absolute atomic E-state index is 0.740. The van der Waals surface area contributed by atoms with Gasteiger partial charge in [-0.3, -0.25) is 0 Å². The van der Waals surface area contributed by atoms with Crippen LogP contribution in [0.1, 0.15) is 33.6 Å². The molecule has 1 unspecified atom stereocenters. The van der Waals surface area contributed by atoms with Crippen LogP contribution < -0.4 is 0 Å². The van der Waals surface area contributed by atoms with E-state index in [0.717, 1.165) is 17.3 Å². The zero-order valence-electron chi connectivity index (χ0n) is 7.15. The number of hydrogen-bond donors (Lipinski definition) is 0. The van der Waals surface area contributed by atoms with Crippen molar-refractivity contribution in [3.8, 4) is 0 Å². The Bertz CT molecular complexity index is 188. The maximum Gasteiger partial charge on any atom is -0.0138 e. The molecule has 0 bridgehead atoms. The van der Waals surface area contributed by atoms with Gasteiger partial charge in [-0.2, -0.15) is 0 Å². The summed E-state index contributed by atoms with van der Waals surface area (Å²) in [6.45, 7) is 7.03. The Labute approximate surface area is 63.3 Å². The maximum absolute atomic E-state index is 2.44. The average Bonchev–Trinajstić information content (AvgIpc) is 2.52. The van der Waals surface area contributed by atoms with Crippen LogP contribution in [0.15, 0.2) is 11.6 Å². The smallest absolute Gasteiger partial charge is 0.0138 e. The summed E-state index contributed by atoms with van der Waals surface area (Å²) in [4.78, 5) is 0. The fourth-order valence-corrected chi connectivity index (χ4v) is 2.53. The van der Waals surface area contributed by atoms with E-state index < -0.39 is 0 Å². The second kappa shape index (κ2) is 1.66. The third-order valence-electron chi connectivity index (χ3n) is 3.62. The largest absolute Gasteiger partial charge is 0.0847 e. The molecule has 56 valence electrons. The molecule has 2 aliphatic carbocycles. The molecule has 0 aliphatic heterocycles. The molecule has 1 fully saturated rings. The summed E-state index contributed by atoms with van der Waals surface area (Å²) < 4.78 is 0. The van der Waals surface area contributed by atoms with E-state index in [1.54, 1.807) is 5.57 Å². The summed E-state index contributed by atoms with van der Waals surface area (Å²) in [5, 5.41) is 0. The molecule has 0 amide bonds. The van der Waals surface area contributed by atoms with E-state index in [4.69, 9.17) is 0 Å². The minimum Gasteiger partial charge on any atom is -0.0847 e. The first-order valence-corrected chi connectivity index (χ1v) is 4.33. The molecular formula is C10H16. The van der Waals surface area contributed by atoms with E-state index in [1.807, 2.05) is 0 Å². The zero-order valence-corrected chi connectivity index (χ0v) is 7.15. The molecule has 1 saturated carbocycles. The van der Waals surface area contributed by atoms with E-state index in [0.29, 0.717) is 0 Å². The SMILES string of the molecule is CC1=CCC2(C(C)C)C[C@H]12. The van der Waals surface area contributed by atoms with Gasteiger partial charge in [-0.15, -0.1) is 0 Å². The topological polar surface area (TPSA) is 0 Å². The number of fused-ring (bicyclic) bond motifs is 1. The van der Waals surface area contributed by atoms with Gasteiger partial charge in [0.25, 0.3) is 0 Å². The molecule has 0 radical (unpaired) electrons. The summed E-state index contributed by atoms with van der Waals surface area (Å²) in [7, 11) is 0. The van der Waals surface area contributed by atoms with Crippen LogP contribution >= 0.6 is 0 Å². The van der Waals surface area contributed by atoms with Gasteiger partial charge in [-0.1, -0.05) is 25.5 Å². The highest BCUT2D eigenvalue weighted by atomic mass is 14.6. The molecule has 0 heteroatoms. The molecule has 0 aromatic carbocycles. The average molecular weight is 136 g/mol. The summed E-state index contributed by atoms with van der Waals surface area (Å²) in [5.74, 6) is 1.87. The predicted molar refractivity (Wildman–Crippen MR) is 43.8 cm³/mol. The Kier molecular flexibility index (Phi) is 1.07. The zero-order chi connectivity index (χ0) is 7.35. The second-order valence-electron chi connectivity index (χ2n) is 4.30. The van der Waals surface area contributed by atoms with E-state index >= 15 is 0 Å². The Morgan fingerprint density at radius 1 is 1.60 bits per heavy atom. The molecule has 2 rings (SSSR count). The molecule has 0 aromatic heterocycles. The van der Waals surface area contributed by atoms with Crippen molar-refractivity contribution in [3.05, 3.63) is 11.6 Å². The van der Waals surface area contributed by atoms with Crippen LogP contribution in [0.3, 0.4) is 0 Å². The third-order valence-corrected chi connectivity index (χ3v) is 3.62. The normalized spacial score (nSPS) is 43.6. The summed E-state index contributed by atoms with van der Waals surface area (Å²) in [5.41, 5.74) is 2.40. The van der Waals surface area contributed by atoms with Crippen LogP contribution in [0.4, 0.5) is 0 Å². The standard InChI is InChI=1S/C10H16/c1-7(2)10-5-4-8(3)9(10)6-10/h4,7,9H,5-6H2,1-3H3/t9-,10?/m1/s1. The molecule has 2 aliphatic rings. The fraction of sp³-hybridized carbons (Fsp3) is 0.800. The Morgan fingerprint density at radius 3 is 2.50 bits per heavy atom. The molecule has 0 spiro atoms. The lowest BCUT2D eigenvalue weighted by Gasteiger charge is -2.15. The maximum atomic E-state index is 2.44. The van der Waals surface area contributed by atoms with Crippen LogP contribution in [0.2, 0.25) is 0 Å². The summed E-state index contributed by atoms with van der Waals surface area (Å²) in [6.07, 6.45) is 5.28. The van der Waals surface area contributed by atoms with E-state index in [2.05, 4.69) is 26.8 Å². The molecule has 2 atom stereocenters. The van der Waals surface area contributed by atoms with E-state index in [-0.39, 0.29) is 0 Å². The molecule has 10 heavy (non-hydrogen) atoms. The van der Waals surface area contributed by atoms with Crippen molar-refractivity contribution < 1.29 is 0 Å². The van der Waals surface area contributed by atoms with Gasteiger partial charge in [-0.25, -0.2) is 0 Å². The van der Waals surface area contributed by atoms with Gasteiger partial charge >= 0.3 is 0 Å². The molecule has 0 saturated heterocycles. The highest BCUT2D eigenvalue weighted by Gasteiger charge is 2.58. The second-order valence-corrected chi connectivity index (χ2v) is 4.30. The molecule has 0 heterocycles. The lowest BCUT2D eigenvalue weighted by Crippen LogP contribution is -2.08.